The van der Waals surface area contributed by atoms with Gasteiger partial charge in [0.25, 0.3) is 0 Å². The lowest BCUT2D eigenvalue weighted by Gasteiger charge is -2.30. The quantitative estimate of drug-likeness (QED) is 0.579. The van der Waals surface area contributed by atoms with Gasteiger partial charge in [-0.3, -0.25) is 4.90 Å². The maximum Gasteiger partial charge on any atom is 0.0110 e. The molecule has 0 aromatic rings. The second-order valence-electron chi connectivity index (χ2n) is 11.3. The minimum atomic E-state index is 0.731. The van der Waals surface area contributed by atoms with E-state index in [1.54, 1.807) is 0 Å². The van der Waals surface area contributed by atoms with Crippen molar-refractivity contribution in [3.63, 3.8) is 0 Å². The van der Waals surface area contributed by atoms with Gasteiger partial charge in [-0.2, -0.15) is 0 Å². The molecule has 3 aliphatic rings. The second-order valence-corrected chi connectivity index (χ2v) is 11.3. The van der Waals surface area contributed by atoms with Gasteiger partial charge < -0.3 is 16.0 Å². The molecule has 3 heterocycles. The molecule has 0 amide bonds. The lowest BCUT2D eigenvalue weighted by molar-refractivity contribution is 0.187. The lowest BCUT2D eigenvalue weighted by Crippen LogP contribution is -2.38. The third-order valence-corrected chi connectivity index (χ3v) is 8.70. The molecular formula is C26H52N4. The van der Waals surface area contributed by atoms with Crippen molar-refractivity contribution >= 4 is 0 Å². The molecule has 6 atom stereocenters. The van der Waals surface area contributed by atoms with Gasteiger partial charge in [-0.15, -0.1) is 0 Å². The highest BCUT2D eigenvalue weighted by Gasteiger charge is 2.28. The van der Waals surface area contributed by atoms with Crippen molar-refractivity contribution in [1.29, 1.82) is 0 Å². The van der Waals surface area contributed by atoms with Crippen LogP contribution in [0.3, 0.4) is 0 Å². The summed E-state index contributed by atoms with van der Waals surface area (Å²) < 4.78 is 0. The number of hydrogen-bond acceptors (Lipinski definition) is 4. The van der Waals surface area contributed by atoms with E-state index in [1.807, 2.05) is 0 Å². The molecule has 3 rings (SSSR count). The fraction of sp³-hybridized carbons (Fsp3) is 1.00. The highest BCUT2D eigenvalue weighted by Crippen LogP contribution is 2.31. The Morgan fingerprint density at radius 2 is 1.60 bits per heavy atom. The largest absolute Gasteiger partial charge is 0.316 e. The molecular weight excluding hydrogens is 368 g/mol. The van der Waals surface area contributed by atoms with E-state index in [0.29, 0.717) is 0 Å². The van der Waals surface area contributed by atoms with Gasteiger partial charge >= 0.3 is 0 Å². The highest BCUT2D eigenvalue weighted by molar-refractivity contribution is 4.84. The number of nitrogens with one attached hydrogen (secondary N) is 3. The first-order valence-corrected chi connectivity index (χ1v) is 13.4. The number of hydrogen-bond donors (Lipinski definition) is 3. The molecule has 3 N–H and O–H groups in total. The predicted molar refractivity (Wildman–Crippen MR) is 130 cm³/mol. The molecule has 3 fully saturated rings. The Hall–Kier alpha value is -0.160. The molecule has 0 spiro atoms. The van der Waals surface area contributed by atoms with Crippen LogP contribution in [0.25, 0.3) is 0 Å². The van der Waals surface area contributed by atoms with Crippen molar-refractivity contribution in [2.45, 2.75) is 91.1 Å². The molecule has 176 valence electrons. The van der Waals surface area contributed by atoms with Gasteiger partial charge in [0.2, 0.25) is 0 Å². The Morgan fingerprint density at radius 1 is 0.767 bits per heavy atom. The molecule has 3 aliphatic heterocycles. The van der Waals surface area contributed by atoms with Gasteiger partial charge in [-0.05, 0) is 121 Å². The van der Waals surface area contributed by atoms with Crippen LogP contribution in [0.5, 0.6) is 0 Å². The van der Waals surface area contributed by atoms with Crippen molar-refractivity contribution < 1.29 is 0 Å². The van der Waals surface area contributed by atoms with E-state index in [-0.39, 0.29) is 0 Å². The highest BCUT2D eigenvalue weighted by atomic mass is 15.2. The van der Waals surface area contributed by atoms with Crippen LogP contribution in [0.15, 0.2) is 0 Å². The van der Waals surface area contributed by atoms with Crippen LogP contribution in [0.1, 0.15) is 79.1 Å². The Balaban J connectivity index is 1.40. The molecule has 0 aromatic heterocycles. The van der Waals surface area contributed by atoms with Crippen molar-refractivity contribution in [3.05, 3.63) is 0 Å². The summed E-state index contributed by atoms with van der Waals surface area (Å²) in [6, 6.07) is 1.48. The van der Waals surface area contributed by atoms with E-state index in [2.05, 4.69) is 48.5 Å². The van der Waals surface area contributed by atoms with Gasteiger partial charge in [-0.25, -0.2) is 0 Å². The molecule has 0 bridgehead atoms. The van der Waals surface area contributed by atoms with E-state index in [4.69, 9.17) is 0 Å². The smallest absolute Gasteiger partial charge is 0.0110 e. The first-order valence-electron chi connectivity index (χ1n) is 13.4. The number of rotatable bonds is 7. The fourth-order valence-electron chi connectivity index (χ4n) is 6.40. The molecule has 4 heteroatoms. The van der Waals surface area contributed by atoms with E-state index in [9.17, 15) is 0 Å². The van der Waals surface area contributed by atoms with Gasteiger partial charge in [0.15, 0.2) is 0 Å². The van der Waals surface area contributed by atoms with Crippen LogP contribution in [0.4, 0.5) is 0 Å². The monoisotopic (exact) mass is 420 g/mol. The summed E-state index contributed by atoms with van der Waals surface area (Å²) in [7, 11) is 0. The molecule has 0 radical (unpaired) electrons. The molecule has 30 heavy (non-hydrogen) atoms. The Morgan fingerprint density at radius 3 is 2.43 bits per heavy atom. The van der Waals surface area contributed by atoms with Gasteiger partial charge in [0, 0.05) is 25.2 Å². The van der Waals surface area contributed by atoms with Gasteiger partial charge in [-0.1, -0.05) is 20.8 Å². The molecule has 3 saturated heterocycles. The zero-order valence-corrected chi connectivity index (χ0v) is 20.6. The number of nitrogens with zero attached hydrogens (tertiary/aromatic N) is 1. The minimum Gasteiger partial charge on any atom is -0.316 e. The standard InChI is InChI=1S/C26H52N4/c1-20(2)24-8-9-26(29-12-10-24)16-21(3)25-7-6-23(18-28-19-25)17-22(4)30-14-5-11-27-13-15-30/h20-29H,5-19H2,1-4H3. The predicted octanol–water partition coefficient (Wildman–Crippen LogP) is 4.12. The maximum absolute atomic E-state index is 3.90. The SMILES string of the molecule is CC(C)C1CCNC(CC(C)C2CCC(CC(C)N3CCCNCC3)CNC2)CC1. The van der Waals surface area contributed by atoms with Crippen LogP contribution in [-0.4, -0.2) is 62.8 Å². The second kappa shape index (κ2) is 12.8. The Labute approximate surface area is 187 Å². The average molecular weight is 421 g/mol. The van der Waals surface area contributed by atoms with Crippen molar-refractivity contribution in [3.8, 4) is 0 Å². The summed E-state index contributed by atoms with van der Waals surface area (Å²) in [5.41, 5.74) is 0. The average Bonchev–Trinajstić information content (AvgIpc) is 3.21. The molecule has 0 saturated carbocycles. The van der Waals surface area contributed by atoms with Crippen molar-refractivity contribution in [1.82, 2.24) is 20.9 Å². The third-order valence-electron chi connectivity index (χ3n) is 8.70. The summed E-state index contributed by atoms with van der Waals surface area (Å²) in [6.07, 6.45) is 11.1. The summed E-state index contributed by atoms with van der Waals surface area (Å²) in [5, 5.41) is 11.3. The maximum atomic E-state index is 3.90. The lowest BCUT2D eigenvalue weighted by atomic mass is 9.82. The fourth-order valence-corrected chi connectivity index (χ4v) is 6.40. The summed E-state index contributed by atoms with van der Waals surface area (Å²) in [6.45, 7) is 18.4. The summed E-state index contributed by atoms with van der Waals surface area (Å²) >= 11 is 0. The topological polar surface area (TPSA) is 39.3 Å². The minimum absolute atomic E-state index is 0.731. The van der Waals surface area contributed by atoms with Crippen LogP contribution in [0, 0.1) is 29.6 Å². The van der Waals surface area contributed by atoms with E-state index >= 15 is 0 Å². The summed E-state index contributed by atoms with van der Waals surface area (Å²) in [4.78, 5) is 2.73. The van der Waals surface area contributed by atoms with Crippen LogP contribution in [0.2, 0.25) is 0 Å². The first-order chi connectivity index (χ1) is 14.5. The zero-order valence-electron chi connectivity index (χ0n) is 20.6. The van der Waals surface area contributed by atoms with E-state index < -0.39 is 0 Å². The Bertz CT molecular complexity index is 460. The van der Waals surface area contributed by atoms with Crippen LogP contribution < -0.4 is 16.0 Å². The van der Waals surface area contributed by atoms with Crippen LogP contribution >= 0.6 is 0 Å². The first kappa shape index (κ1) is 24.5. The van der Waals surface area contributed by atoms with E-state index in [1.165, 1.54) is 97.2 Å². The zero-order chi connectivity index (χ0) is 21.3. The Kier molecular flexibility index (Phi) is 10.4. The third kappa shape index (κ3) is 7.76. The van der Waals surface area contributed by atoms with Gasteiger partial charge in [0.1, 0.15) is 0 Å². The van der Waals surface area contributed by atoms with Gasteiger partial charge in [0.05, 0.1) is 0 Å². The van der Waals surface area contributed by atoms with E-state index in [0.717, 1.165) is 41.7 Å². The van der Waals surface area contributed by atoms with Crippen molar-refractivity contribution in [2.75, 3.05) is 45.8 Å². The normalized spacial score (nSPS) is 34.7. The molecule has 4 nitrogen and oxygen atoms in total. The molecule has 6 unspecified atom stereocenters. The van der Waals surface area contributed by atoms with Crippen LogP contribution in [-0.2, 0) is 0 Å². The molecule has 0 aliphatic carbocycles. The van der Waals surface area contributed by atoms with Crippen molar-refractivity contribution in [2.24, 2.45) is 29.6 Å². The molecule has 0 aromatic carbocycles. The summed E-state index contributed by atoms with van der Waals surface area (Å²) in [5.74, 6) is 4.33.